The first kappa shape index (κ1) is 16.2. The van der Waals surface area contributed by atoms with Crippen molar-refractivity contribution in [1.29, 1.82) is 0 Å². The van der Waals surface area contributed by atoms with Crippen molar-refractivity contribution in [2.24, 2.45) is 5.73 Å². The zero-order valence-corrected chi connectivity index (χ0v) is 7.96. The van der Waals surface area contributed by atoms with Crippen molar-refractivity contribution in [3.63, 3.8) is 0 Å². The number of hydrogen-bond donors (Lipinski definition) is 6. The Hall–Kier alpha value is -0.280. The summed E-state index contributed by atoms with van der Waals surface area (Å²) in [5, 5.41) is 44.2. The normalized spacial score (nSPS) is 21.3. The van der Waals surface area contributed by atoms with Crippen molar-refractivity contribution in [3.8, 4) is 0 Å². The van der Waals surface area contributed by atoms with Gasteiger partial charge >= 0.3 is 0 Å². The summed E-state index contributed by atoms with van der Waals surface area (Å²) >= 11 is 0. The monoisotopic (exact) mass is 231 g/mol. The Morgan fingerprint density at radius 2 is 1.79 bits per heavy atom. The molecule has 4 atom stereocenters. The van der Waals surface area contributed by atoms with Crippen LogP contribution >= 0.6 is 12.4 Å². The molecule has 0 saturated heterocycles. The molecule has 86 valence electrons. The number of nitrogens with two attached hydrogens (primary N) is 1. The minimum Gasteiger partial charge on any atom is -0.394 e. The van der Waals surface area contributed by atoms with Gasteiger partial charge < -0.3 is 30.3 Å². The van der Waals surface area contributed by atoms with Crippen LogP contribution in [-0.4, -0.2) is 62.5 Å². The Morgan fingerprint density at radius 1 is 1.36 bits per heavy atom. The molecule has 0 aliphatic rings. The lowest BCUT2D eigenvalue weighted by Gasteiger charge is -2.33. The van der Waals surface area contributed by atoms with Gasteiger partial charge in [-0.3, -0.25) is 5.73 Å². The Balaban J connectivity index is 0. The molecule has 0 unspecified atom stereocenters. The fourth-order valence-corrected chi connectivity index (χ4v) is 0.691. The third-order valence-electron chi connectivity index (χ3n) is 1.64. The molecule has 0 rings (SSSR count). The minimum atomic E-state index is -2.63. The average molecular weight is 232 g/mol. The van der Waals surface area contributed by atoms with Crippen molar-refractivity contribution >= 4 is 18.7 Å². The lowest BCUT2D eigenvalue weighted by molar-refractivity contribution is -0.181. The number of aldehydes is 1. The minimum absolute atomic E-state index is 0. The molecule has 0 aromatic rings. The van der Waals surface area contributed by atoms with Crippen molar-refractivity contribution in [2.75, 3.05) is 6.61 Å². The van der Waals surface area contributed by atoms with E-state index in [1.165, 1.54) is 0 Å². The molecule has 0 aromatic carbocycles. The lowest BCUT2D eigenvalue weighted by Crippen LogP contribution is -2.64. The molecule has 14 heavy (non-hydrogen) atoms. The number of halogens is 1. The third kappa shape index (κ3) is 3.46. The first-order valence-electron chi connectivity index (χ1n) is 3.49. The standard InChI is InChI=1S/C6H13NO6.ClH/c7-6(13,4(11)2-9)5(12)3(10)1-8;/h1,3-5,9-13H,2,7H2;1H/t3-,4+,5+,6+;/m0./s1. The summed E-state index contributed by atoms with van der Waals surface area (Å²) in [7, 11) is 0. The number of carbonyl (C=O) groups is 1. The van der Waals surface area contributed by atoms with Gasteiger partial charge in [-0.2, -0.15) is 0 Å². The highest BCUT2D eigenvalue weighted by molar-refractivity contribution is 5.85. The van der Waals surface area contributed by atoms with Gasteiger partial charge in [0.25, 0.3) is 0 Å². The zero-order valence-electron chi connectivity index (χ0n) is 7.15. The molecule has 0 saturated carbocycles. The van der Waals surface area contributed by atoms with E-state index in [4.69, 9.17) is 31.3 Å². The lowest BCUT2D eigenvalue weighted by atomic mass is 9.97. The molecule has 0 bridgehead atoms. The fraction of sp³-hybridized carbons (Fsp3) is 0.833. The molecule has 8 heteroatoms. The zero-order chi connectivity index (χ0) is 10.6. The molecule has 0 aromatic heterocycles. The molecule has 0 aliphatic carbocycles. The van der Waals surface area contributed by atoms with E-state index in [1.807, 2.05) is 0 Å². The van der Waals surface area contributed by atoms with Crippen LogP contribution in [-0.2, 0) is 4.79 Å². The smallest absolute Gasteiger partial charge is 0.171 e. The van der Waals surface area contributed by atoms with Crippen LogP contribution in [0.2, 0.25) is 0 Å². The molecule has 0 amide bonds. The van der Waals surface area contributed by atoms with Crippen molar-refractivity contribution in [1.82, 2.24) is 0 Å². The topological polar surface area (TPSA) is 144 Å². The second kappa shape index (κ2) is 6.25. The SMILES string of the molecule is Cl.N[C@@](O)([C@H](O)CO)[C@H](O)[C@@H](O)C=O. The Bertz CT molecular complexity index is 178. The van der Waals surface area contributed by atoms with Crippen LogP contribution in [0.3, 0.4) is 0 Å². The van der Waals surface area contributed by atoms with E-state index in [-0.39, 0.29) is 18.7 Å². The van der Waals surface area contributed by atoms with Crippen LogP contribution in [0.15, 0.2) is 0 Å². The maximum absolute atomic E-state index is 9.98. The van der Waals surface area contributed by atoms with Gasteiger partial charge in [0.1, 0.15) is 18.3 Å². The molecule has 0 heterocycles. The van der Waals surface area contributed by atoms with Crippen LogP contribution in [0.5, 0.6) is 0 Å². The van der Waals surface area contributed by atoms with Gasteiger partial charge in [0.2, 0.25) is 0 Å². The van der Waals surface area contributed by atoms with E-state index in [9.17, 15) is 4.79 Å². The van der Waals surface area contributed by atoms with Crippen LogP contribution in [0.1, 0.15) is 0 Å². The predicted octanol–water partition coefficient (Wildman–Crippen LogP) is -3.67. The highest BCUT2D eigenvalue weighted by Gasteiger charge is 2.42. The highest BCUT2D eigenvalue weighted by Crippen LogP contribution is 2.11. The van der Waals surface area contributed by atoms with Gasteiger partial charge in [-0.15, -0.1) is 12.4 Å². The van der Waals surface area contributed by atoms with Crippen molar-refractivity contribution < 1.29 is 30.3 Å². The van der Waals surface area contributed by atoms with E-state index in [0.29, 0.717) is 0 Å². The number of rotatable bonds is 5. The molecule has 0 radical (unpaired) electrons. The largest absolute Gasteiger partial charge is 0.394 e. The Kier molecular flexibility index (Phi) is 7.21. The van der Waals surface area contributed by atoms with E-state index in [0.717, 1.165) is 0 Å². The average Bonchev–Trinajstić information content (AvgIpc) is 2.13. The molecular formula is C6H14ClNO6. The van der Waals surface area contributed by atoms with E-state index >= 15 is 0 Å². The summed E-state index contributed by atoms with van der Waals surface area (Å²) in [5.41, 5.74) is 2.34. The third-order valence-corrected chi connectivity index (χ3v) is 1.64. The van der Waals surface area contributed by atoms with Crippen molar-refractivity contribution in [2.45, 2.75) is 24.0 Å². The number of aliphatic hydroxyl groups is 5. The van der Waals surface area contributed by atoms with E-state index < -0.39 is 30.6 Å². The first-order valence-corrected chi connectivity index (χ1v) is 3.49. The Morgan fingerprint density at radius 3 is 2.07 bits per heavy atom. The van der Waals surface area contributed by atoms with Crippen LogP contribution in [0, 0.1) is 0 Å². The maximum atomic E-state index is 9.98. The van der Waals surface area contributed by atoms with Gasteiger partial charge in [0.05, 0.1) is 6.61 Å². The first-order chi connectivity index (χ1) is 5.87. The van der Waals surface area contributed by atoms with Crippen LogP contribution in [0.4, 0.5) is 0 Å². The predicted molar refractivity (Wildman–Crippen MR) is 47.6 cm³/mol. The van der Waals surface area contributed by atoms with E-state index in [1.54, 1.807) is 0 Å². The molecule has 7 N–H and O–H groups in total. The Labute approximate surface area is 86.2 Å². The summed E-state index contributed by atoms with van der Waals surface area (Å²) in [6, 6.07) is 0. The fourth-order valence-electron chi connectivity index (χ4n) is 0.691. The quantitative estimate of drug-likeness (QED) is 0.211. The number of hydrogen-bond acceptors (Lipinski definition) is 7. The molecule has 0 spiro atoms. The van der Waals surface area contributed by atoms with Crippen LogP contribution < -0.4 is 5.73 Å². The highest BCUT2D eigenvalue weighted by atomic mass is 35.5. The second-order valence-corrected chi connectivity index (χ2v) is 2.66. The molecule has 7 nitrogen and oxygen atoms in total. The van der Waals surface area contributed by atoms with Gasteiger partial charge in [-0.05, 0) is 0 Å². The summed E-state index contributed by atoms with van der Waals surface area (Å²) in [6.45, 7) is -0.907. The summed E-state index contributed by atoms with van der Waals surface area (Å²) in [6.07, 6.45) is -5.88. The maximum Gasteiger partial charge on any atom is 0.171 e. The van der Waals surface area contributed by atoms with Gasteiger partial charge in [-0.1, -0.05) is 0 Å². The second-order valence-electron chi connectivity index (χ2n) is 2.66. The van der Waals surface area contributed by atoms with E-state index in [2.05, 4.69) is 0 Å². The van der Waals surface area contributed by atoms with Gasteiger partial charge in [-0.25, -0.2) is 0 Å². The summed E-state index contributed by atoms with van der Waals surface area (Å²) < 4.78 is 0. The molecule has 0 aliphatic heterocycles. The number of aliphatic hydroxyl groups excluding tert-OH is 4. The van der Waals surface area contributed by atoms with Gasteiger partial charge in [0.15, 0.2) is 12.0 Å². The molecule has 0 fully saturated rings. The van der Waals surface area contributed by atoms with Gasteiger partial charge in [0, 0.05) is 0 Å². The number of carbonyl (C=O) groups excluding carboxylic acids is 1. The summed E-state index contributed by atoms with van der Waals surface area (Å²) in [5.74, 6) is 0. The summed E-state index contributed by atoms with van der Waals surface area (Å²) in [4.78, 5) is 9.98. The van der Waals surface area contributed by atoms with Crippen LogP contribution in [0.25, 0.3) is 0 Å². The van der Waals surface area contributed by atoms with Crippen molar-refractivity contribution in [3.05, 3.63) is 0 Å². The molecular weight excluding hydrogens is 218 g/mol.